The molecule has 1 aromatic rings. The second kappa shape index (κ2) is 12.5. The van der Waals surface area contributed by atoms with Gasteiger partial charge in [0.1, 0.15) is 5.82 Å². The highest BCUT2D eigenvalue weighted by atomic mass is 127. The van der Waals surface area contributed by atoms with Crippen LogP contribution < -0.4 is 15.5 Å². The van der Waals surface area contributed by atoms with Crippen molar-refractivity contribution in [3.05, 3.63) is 23.9 Å². The summed E-state index contributed by atoms with van der Waals surface area (Å²) in [4.78, 5) is 11.3. The second-order valence-electron chi connectivity index (χ2n) is 7.92. The molecule has 0 amide bonds. The van der Waals surface area contributed by atoms with Crippen LogP contribution in [0.15, 0.2) is 23.3 Å². The van der Waals surface area contributed by atoms with Gasteiger partial charge in [0.15, 0.2) is 5.96 Å². The van der Waals surface area contributed by atoms with Crippen molar-refractivity contribution >= 4 is 35.8 Å². The number of hydrogen-bond acceptors (Lipinski definition) is 4. The molecule has 2 fully saturated rings. The molecule has 0 bridgehead atoms. The summed E-state index contributed by atoms with van der Waals surface area (Å²) in [6, 6.07) is 4.30. The Bertz CT molecular complexity index is 583. The number of nitrogens with zero attached hydrogens (tertiary/aromatic N) is 3. The topological polar surface area (TPSA) is 61.8 Å². The summed E-state index contributed by atoms with van der Waals surface area (Å²) >= 11 is 0. The Kier molecular flexibility index (Phi) is 10.3. The van der Waals surface area contributed by atoms with E-state index < -0.39 is 0 Å². The summed E-state index contributed by atoms with van der Waals surface area (Å²) in [5.41, 5.74) is 1.17. The van der Waals surface area contributed by atoms with Crippen LogP contribution in [0.25, 0.3) is 0 Å². The minimum atomic E-state index is 0. The van der Waals surface area contributed by atoms with Gasteiger partial charge in [-0.2, -0.15) is 0 Å². The number of pyridine rings is 1. The molecule has 1 saturated heterocycles. The fourth-order valence-corrected chi connectivity index (χ4v) is 3.27. The van der Waals surface area contributed by atoms with Gasteiger partial charge < -0.3 is 20.3 Å². The third kappa shape index (κ3) is 8.11. The normalized spacial score (nSPS) is 17.9. The van der Waals surface area contributed by atoms with Crippen molar-refractivity contribution in [1.82, 2.24) is 15.6 Å². The highest BCUT2D eigenvalue weighted by molar-refractivity contribution is 14.0. The largest absolute Gasteiger partial charge is 0.381 e. The van der Waals surface area contributed by atoms with Crippen LogP contribution in [0.4, 0.5) is 5.82 Å². The smallest absolute Gasteiger partial charge is 0.191 e. The number of halogens is 1. The van der Waals surface area contributed by atoms with Gasteiger partial charge in [-0.05, 0) is 55.6 Å². The summed E-state index contributed by atoms with van der Waals surface area (Å²) in [5, 5.41) is 6.69. The Morgan fingerprint density at radius 1 is 1.21 bits per heavy atom. The minimum Gasteiger partial charge on any atom is -0.381 e. The van der Waals surface area contributed by atoms with Gasteiger partial charge >= 0.3 is 0 Å². The first-order valence-corrected chi connectivity index (χ1v) is 10.5. The van der Waals surface area contributed by atoms with Gasteiger partial charge in [0.2, 0.25) is 0 Å². The number of nitrogens with one attached hydrogen (secondary N) is 2. The van der Waals surface area contributed by atoms with Crippen molar-refractivity contribution in [2.75, 3.05) is 44.8 Å². The lowest BCUT2D eigenvalue weighted by Crippen LogP contribution is -2.37. The number of aliphatic imine (C=N–C) groups is 1. The van der Waals surface area contributed by atoms with Gasteiger partial charge in [0.25, 0.3) is 0 Å². The molecule has 158 valence electrons. The monoisotopic (exact) mass is 501 g/mol. The molecule has 0 radical (unpaired) electrons. The van der Waals surface area contributed by atoms with Gasteiger partial charge in [-0.15, -0.1) is 24.0 Å². The van der Waals surface area contributed by atoms with E-state index in [1.165, 1.54) is 31.2 Å². The Labute approximate surface area is 186 Å². The predicted molar refractivity (Wildman–Crippen MR) is 127 cm³/mol. The fraction of sp³-hybridized carbons (Fsp3) is 0.714. The standard InChI is InChI=1S/C21H35N5O.HI/c1-17-8-11-26(12-9-17)20-7-6-19(14-24-20)15-25-21(22-2)23-10-3-13-27-16-18-4-5-18;/h6-7,14,17-18H,3-5,8-13,15-16H2,1-2H3,(H2,22,23,25);1H. The molecule has 0 atom stereocenters. The third-order valence-corrected chi connectivity index (χ3v) is 5.41. The zero-order valence-corrected chi connectivity index (χ0v) is 19.7. The number of ether oxygens (including phenoxy) is 1. The molecular weight excluding hydrogens is 465 g/mol. The van der Waals surface area contributed by atoms with Gasteiger partial charge in [0.05, 0.1) is 0 Å². The van der Waals surface area contributed by atoms with E-state index in [0.29, 0.717) is 0 Å². The van der Waals surface area contributed by atoms with Crippen LogP contribution in [-0.4, -0.2) is 50.8 Å². The number of rotatable bonds is 9. The molecule has 0 unspecified atom stereocenters. The van der Waals surface area contributed by atoms with Crippen LogP contribution in [0.1, 0.15) is 44.6 Å². The van der Waals surface area contributed by atoms with Crippen LogP contribution in [0, 0.1) is 11.8 Å². The summed E-state index contributed by atoms with van der Waals surface area (Å²) < 4.78 is 5.66. The summed E-state index contributed by atoms with van der Waals surface area (Å²) in [5.74, 6) is 3.60. The maximum Gasteiger partial charge on any atom is 0.191 e. The summed E-state index contributed by atoms with van der Waals surface area (Å²) in [7, 11) is 1.80. The van der Waals surface area contributed by atoms with Crippen molar-refractivity contribution in [1.29, 1.82) is 0 Å². The maximum atomic E-state index is 5.66. The zero-order valence-electron chi connectivity index (χ0n) is 17.3. The molecule has 0 spiro atoms. The number of aromatic nitrogens is 1. The summed E-state index contributed by atoms with van der Waals surface area (Å²) in [6.07, 6.45) is 8.19. The van der Waals surface area contributed by atoms with Crippen LogP contribution >= 0.6 is 24.0 Å². The minimum absolute atomic E-state index is 0. The SMILES string of the molecule is CN=C(NCCCOCC1CC1)NCc1ccc(N2CCC(C)CC2)nc1.I. The molecule has 2 N–H and O–H groups in total. The van der Waals surface area contributed by atoms with Gasteiger partial charge in [-0.1, -0.05) is 13.0 Å². The first-order valence-electron chi connectivity index (χ1n) is 10.5. The van der Waals surface area contributed by atoms with Crippen molar-refractivity contribution in [3.63, 3.8) is 0 Å². The van der Waals surface area contributed by atoms with Crippen molar-refractivity contribution in [2.45, 2.75) is 45.6 Å². The van der Waals surface area contributed by atoms with Crippen LogP contribution in [0.3, 0.4) is 0 Å². The van der Waals surface area contributed by atoms with E-state index in [2.05, 4.69) is 44.6 Å². The quantitative estimate of drug-likeness (QED) is 0.235. The van der Waals surface area contributed by atoms with Gasteiger partial charge in [0, 0.05) is 52.6 Å². The molecule has 1 aromatic heterocycles. The molecule has 0 aromatic carbocycles. The Hall–Kier alpha value is -1.09. The molecule has 3 rings (SSSR count). The molecule has 6 nitrogen and oxygen atoms in total. The van der Waals surface area contributed by atoms with E-state index in [1.807, 2.05) is 6.20 Å². The highest BCUT2D eigenvalue weighted by Gasteiger charge is 2.20. The van der Waals surface area contributed by atoms with Crippen LogP contribution in [0.5, 0.6) is 0 Å². The van der Waals surface area contributed by atoms with E-state index in [-0.39, 0.29) is 24.0 Å². The van der Waals surface area contributed by atoms with E-state index in [1.54, 1.807) is 7.05 Å². The van der Waals surface area contributed by atoms with Crippen molar-refractivity contribution in [3.8, 4) is 0 Å². The Morgan fingerprint density at radius 2 is 2.00 bits per heavy atom. The molecule has 1 aliphatic heterocycles. The van der Waals surface area contributed by atoms with E-state index >= 15 is 0 Å². The number of hydrogen-bond donors (Lipinski definition) is 2. The highest BCUT2D eigenvalue weighted by Crippen LogP contribution is 2.28. The number of anilines is 1. The van der Waals surface area contributed by atoms with E-state index in [0.717, 1.165) is 69.4 Å². The molecular formula is C21H36IN5O. The van der Waals surface area contributed by atoms with E-state index in [4.69, 9.17) is 4.74 Å². The number of guanidine groups is 1. The van der Waals surface area contributed by atoms with Gasteiger partial charge in [-0.25, -0.2) is 4.98 Å². The first-order chi connectivity index (χ1) is 13.2. The lowest BCUT2D eigenvalue weighted by molar-refractivity contribution is 0.123. The second-order valence-corrected chi connectivity index (χ2v) is 7.92. The average molecular weight is 501 g/mol. The number of piperidine rings is 1. The van der Waals surface area contributed by atoms with Crippen molar-refractivity contribution in [2.24, 2.45) is 16.8 Å². The lowest BCUT2D eigenvalue weighted by atomic mass is 9.99. The lowest BCUT2D eigenvalue weighted by Gasteiger charge is -2.31. The molecule has 7 heteroatoms. The first kappa shape index (κ1) is 23.2. The van der Waals surface area contributed by atoms with E-state index in [9.17, 15) is 0 Å². The van der Waals surface area contributed by atoms with Gasteiger partial charge in [-0.3, -0.25) is 4.99 Å². The third-order valence-electron chi connectivity index (χ3n) is 5.41. The molecule has 1 saturated carbocycles. The average Bonchev–Trinajstić information content (AvgIpc) is 3.52. The van der Waals surface area contributed by atoms with Crippen LogP contribution in [0.2, 0.25) is 0 Å². The van der Waals surface area contributed by atoms with Crippen molar-refractivity contribution < 1.29 is 4.74 Å². The Balaban J connectivity index is 0.00000280. The molecule has 28 heavy (non-hydrogen) atoms. The predicted octanol–water partition coefficient (Wildman–Crippen LogP) is 3.42. The van der Waals surface area contributed by atoms with Crippen LogP contribution in [-0.2, 0) is 11.3 Å². The summed E-state index contributed by atoms with van der Waals surface area (Å²) in [6.45, 7) is 7.92. The zero-order chi connectivity index (χ0) is 18.9. The molecule has 2 heterocycles. The fourth-order valence-electron chi connectivity index (χ4n) is 3.27. The maximum absolute atomic E-state index is 5.66. The molecule has 1 aliphatic carbocycles. The molecule has 2 aliphatic rings. The Morgan fingerprint density at radius 3 is 2.64 bits per heavy atom.